The van der Waals surface area contributed by atoms with Gasteiger partial charge in [0.15, 0.2) is 6.17 Å². The van der Waals surface area contributed by atoms with Crippen LogP contribution in [0.15, 0.2) is 51.6 Å². The van der Waals surface area contributed by atoms with E-state index in [0.717, 1.165) is 38.0 Å². The molecule has 0 spiro atoms. The van der Waals surface area contributed by atoms with E-state index < -0.39 is 32.8 Å². The Morgan fingerprint density at radius 2 is 1.68 bits per heavy atom. The standard InChI is InChI=1S/C27H34F3N7O2S/c1-35-19-7-10-22(35)23(15-19)37-13-11-17(12-14-37)16-3-5-18(6-4-16)20-8-9-21(27(28,29)30)25(40(31,38)39)24(20)26-32-33-34-36(26)2/h3-6,8-9,17,19,22-23,26H,7,10-15H2,1-2H3,(H,32,34)(H2,31,38,39). The van der Waals surface area contributed by atoms with Gasteiger partial charge in [0.05, 0.1) is 5.56 Å². The molecule has 4 aliphatic rings. The number of alkyl halides is 3. The van der Waals surface area contributed by atoms with Gasteiger partial charge in [-0.2, -0.15) is 18.2 Å². The molecular weight excluding hydrogens is 543 g/mol. The Morgan fingerprint density at radius 1 is 0.975 bits per heavy atom. The van der Waals surface area contributed by atoms with E-state index in [1.807, 2.05) is 24.3 Å². The first kappa shape index (κ1) is 27.6. The molecular formula is C27H34F3N7O2S. The van der Waals surface area contributed by atoms with Gasteiger partial charge in [-0.05, 0) is 80.9 Å². The van der Waals surface area contributed by atoms with Crippen LogP contribution in [0.1, 0.15) is 60.9 Å². The second kappa shape index (κ2) is 10.1. The average molecular weight is 578 g/mol. The maximum absolute atomic E-state index is 13.9. The number of halogens is 3. The summed E-state index contributed by atoms with van der Waals surface area (Å²) in [6.07, 6.45) is -0.0606. The summed E-state index contributed by atoms with van der Waals surface area (Å²) in [5.41, 5.74) is 3.11. The second-order valence-corrected chi connectivity index (χ2v) is 12.9. The lowest BCUT2D eigenvalue weighted by atomic mass is 9.86. The Bertz CT molecular complexity index is 1410. The minimum absolute atomic E-state index is 0.162. The Morgan fingerprint density at radius 3 is 2.20 bits per heavy atom. The Labute approximate surface area is 232 Å². The van der Waals surface area contributed by atoms with Gasteiger partial charge in [-0.1, -0.05) is 35.6 Å². The molecule has 0 amide bonds. The predicted octanol–water partition coefficient (Wildman–Crippen LogP) is 4.25. The van der Waals surface area contributed by atoms with Gasteiger partial charge in [0.1, 0.15) is 4.90 Å². The van der Waals surface area contributed by atoms with Crippen LogP contribution in [-0.4, -0.2) is 68.5 Å². The molecule has 3 N–H and O–H groups in total. The highest BCUT2D eigenvalue weighted by atomic mass is 32.2. The van der Waals surface area contributed by atoms with Crippen molar-refractivity contribution in [3.8, 4) is 11.1 Å². The van der Waals surface area contributed by atoms with E-state index in [4.69, 9.17) is 5.14 Å². The van der Waals surface area contributed by atoms with Crippen LogP contribution < -0.4 is 10.7 Å². The molecule has 2 aromatic carbocycles. The fraction of sp³-hybridized carbons (Fsp3) is 0.556. The van der Waals surface area contributed by atoms with E-state index >= 15 is 0 Å². The maximum atomic E-state index is 13.9. The van der Waals surface area contributed by atoms with Crippen LogP contribution >= 0.6 is 0 Å². The third-order valence-electron chi connectivity index (χ3n) is 9.32. The van der Waals surface area contributed by atoms with Gasteiger partial charge in [0.2, 0.25) is 10.0 Å². The van der Waals surface area contributed by atoms with E-state index in [9.17, 15) is 21.6 Å². The summed E-state index contributed by atoms with van der Waals surface area (Å²) in [4.78, 5) is 4.24. The minimum Gasteiger partial charge on any atom is -0.299 e. The molecule has 0 aromatic heterocycles. The molecule has 3 saturated heterocycles. The number of rotatable bonds is 5. The van der Waals surface area contributed by atoms with Gasteiger partial charge >= 0.3 is 6.18 Å². The van der Waals surface area contributed by atoms with Crippen molar-refractivity contribution in [3.05, 3.63) is 53.1 Å². The summed E-state index contributed by atoms with van der Waals surface area (Å²) in [7, 11) is -0.989. The van der Waals surface area contributed by atoms with Crippen LogP contribution in [0.3, 0.4) is 0 Å². The molecule has 4 atom stereocenters. The smallest absolute Gasteiger partial charge is 0.299 e. The van der Waals surface area contributed by atoms with Gasteiger partial charge in [0, 0.05) is 30.7 Å². The molecule has 6 rings (SSSR count). The molecule has 0 radical (unpaired) electrons. The first-order valence-electron chi connectivity index (χ1n) is 13.6. The van der Waals surface area contributed by atoms with E-state index in [1.165, 1.54) is 42.9 Å². The topological polar surface area (TPSA) is 107 Å². The van der Waals surface area contributed by atoms with Crippen LogP contribution in [0.2, 0.25) is 0 Å². The molecule has 216 valence electrons. The molecule has 13 heteroatoms. The minimum atomic E-state index is -4.93. The number of likely N-dealkylation sites (N-methyl/N-ethyl adjacent to an activating group) is 1. The first-order valence-corrected chi connectivity index (χ1v) is 15.2. The van der Waals surface area contributed by atoms with Gasteiger partial charge in [-0.3, -0.25) is 9.80 Å². The molecule has 4 aliphatic heterocycles. The molecule has 4 unspecified atom stereocenters. The van der Waals surface area contributed by atoms with Gasteiger partial charge < -0.3 is 0 Å². The third kappa shape index (κ3) is 4.81. The number of hydrogen-bond donors (Lipinski definition) is 2. The monoisotopic (exact) mass is 577 g/mol. The zero-order chi connectivity index (χ0) is 28.4. The quantitative estimate of drug-likeness (QED) is 0.551. The number of nitrogens with zero attached hydrogens (tertiary/aromatic N) is 5. The van der Waals surface area contributed by atoms with Crippen molar-refractivity contribution < 1.29 is 21.6 Å². The van der Waals surface area contributed by atoms with E-state index in [2.05, 4.69) is 32.7 Å². The normalized spacial score (nSPS) is 28.4. The molecule has 2 bridgehead atoms. The number of piperidine rings is 1. The largest absolute Gasteiger partial charge is 0.417 e. The predicted molar refractivity (Wildman–Crippen MR) is 143 cm³/mol. The summed E-state index contributed by atoms with van der Waals surface area (Å²) in [5.74, 6) is 0.396. The number of sulfonamides is 1. The summed E-state index contributed by atoms with van der Waals surface area (Å²) in [6.45, 7) is 2.11. The van der Waals surface area contributed by atoms with E-state index in [1.54, 1.807) is 0 Å². The third-order valence-corrected chi connectivity index (χ3v) is 10.3. The molecule has 0 aliphatic carbocycles. The van der Waals surface area contributed by atoms with Crippen LogP contribution in [0.25, 0.3) is 11.1 Å². The summed E-state index contributed by atoms with van der Waals surface area (Å²) >= 11 is 0. The van der Waals surface area contributed by atoms with Crippen LogP contribution in [0, 0.1) is 0 Å². The lowest BCUT2D eigenvalue weighted by Gasteiger charge is -2.39. The molecule has 2 aromatic rings. The second-order valence-electron chi connectivity index (χ2n) is 11.4. The molecule has 4 heterocycles. The van der Waals surface area contributed by atoms with Crippen molar-refractivity contribution in [2.75, 3.05) is 27.2 Å². The zero-order valence-corrected chi connectivity index (χ0v) is 23.3. The van der Waals surface area contributed by atoms with Crippen molar-refractivity contribution in [2.24, 2.45) is 15.5 Å². The van der Waals surface area contributed by atoms with Gasteiger partial charge in [-0.15, -0.1) is 5.11 Å². The highest BCUT2D eigenvalue weighted by molar-refractivity contribution is 7.89. The lowest BCUT2D eigenvalue weighted by Crippen LogP contribution is -2.47. The number of fused-ring (bicyclic) bond motifs is 2. The average Bonchev–Trinajstić information content (AvgIpc) is 3.60. The molecule has 3 fully saturated rings. The Balaban J connectivity index is 1.28. The first-order chi connectivity index (χ1) is 18.9. The number of hydrogen-bond acceptors (Lipinski definition) is 8. The SMILES string of the molecule is CN1NN=NC1c1c(-c2ccc(C3CCN(C4CC5CCC4N5C)CC3)cc2)ccc(C(F)(F)F)c1S(N)(=O)=O. The Hall–Kier alpha value is -2.58. The van der Waals surface area contributed by atoms with E-state index in [-0.39, 0.29) is 5.56 Å². The van der Waals surface area contributed by atoms with Gasteiger partial charge in [0.25, 0.3) is 0 Å². The number of nitrogens with two attached hydrogens (primary N) is 1. The van der Waals surface area contributed by atoms with Crippen LogP contribution in [-0.2, 0) is 16.2 Å². The fourth-order valence-corrected chi connectivity index (χ4v) is 8.30. The zero-order valence-electron chi connectivity index (χ0n) is 22.5. The molecule has 9 nitrogen and oxygen atoms in total. The number of hydrazine groups is 1. The van der Waals surface area contributed by atoms with Crippen molar-refractivity contribution in [3.63, 3.8) is 0 Å². The van der Waals surface area contributed by atoms with E-state index in [0.29, 0.717) is 29.1 Å². The van der Waals surface area contributed by atoms with Gasteiger partial charge in [-0.25, -0.2) is 19.1 Å². The number of likely N-dealkylation sites (tertiary alicyclic amines) is 1. The number of benzene rings is 2. The summed E-state index contributed by atoms with van der Waals surface area (Å²) in [6, 6.07) is 11.8. The molecule has 0 saturated carbocycles. The van der Waals surface area contributed by atoms with Crippen molar-refractivity contribution in [1.29, 1.82) is 0 Å². The highest BCUT2D eigenvalue weighted by Crippen LogP contribution is 2.45. The fourth-order valence-electron chi connectivity index (χ4n) is 7.29. The van der Waals surface area contributed by atoms with Crippen molar-refractivity contribution in [1.82, 2.24) is 20.3 Å². The number of primary sulfonamides is 1. The summed E-state index contributed by atoms with van der Waals surface area (Å²) in [5, 5.41) is 14.4. The Kier molecular flexibility index (Phi) is 6.93. The van der Waals surface area contributed by atoms with Crippen molar-refractivity contribution in [2.45, 2.75) is 73.4 Å². The highest BCUT2D eigenvalue weighted by Gasteiger charge is 2.47. The summed E-state index contributed by atoms with van der Waals surface area (Å²) < 4.78 is 66.9. The van der Waals surface area contributed by atoms with Crippen LogP contribution in [0.5, 0.6) is 0 Å². The van der Waals surface area contributed by atoms with Crippen molar-refractivity contribution >= 4 is 10.0 Å². The number of nitrogens with one attached hydrogen (secondary N) is 1. The van der Waals surface area contributed by atoms with Crippen LogP contribution in [0.4, 0.5) is 13.2 Å². The lowest BCUT2D eigenvalue weighted by molar-refractivity contribution is -0.140. The molecule has 40 heavy (non-hydrogen) atoms. The maximum Gasteiger partial charge on any atom is 0.417 e.